The molecule has 0 saturated carbocycles. The smallest absolute Gasteiger partial charge is 0.215 e. The van der Waals surface area contributed by atoms with Crippen LogP contribution in [0, 0.1) is 0 Å². The summed E-state index contributed by atoms with van der Waals surface area (Å²) in [7, 11) is 1.56. The maximum atomic E-state index is 10.7. The second-order valence-corrected chi connectivity index (χ2v) is 3.65. The van der Waals surface area contributed by atoms with Crippen LogP contribution in [0.15, 0.2) is 22.8 Å². The predicted octanol–water partition coefficient (Wildman–Crippen LogP) is 1.92. The van der Waals surface area contributed by atoms with Gasteiger partial charge in [-0.05, 0) is 6.07 Å². The average molecular weight is 255 g/mol. The number of aromatic nitrogens is 2. The van der Waals surface area contributed by atoms with E-state index >= 15 is 0 Å². The first kappa shape index (κ1) is 9.21. The lowest BCUT2D eigenvalue weighted by molar-refractivity contribution is 0.112. The second-order valence-electron chi connectivity index (χ2n) is 2.73. The number of carbonyl (C=O) groups is 1. The Morgan fingerprint density at radius 2 is 2.36 bits per heavy atom. The van der Waals surface area contributed by atoms with E-state index in [0.29, 0.717) is 11.4 Å². The van der Waals surface area contributed by atoms with Gasteiger partial charge in [0.25, 0.3) is 0 Å². The average Bonchev–Trinajstić information content (AvgIpc) is 2.59. The largest absolute Gasteiger partial charge is 0.481 e. The zero-order valence-corrected chi connectivity index (χ0v) is 8.98. The first-order chi connectivity index (χ1) is 6.76. The van der Waals surface area contributed by atoms with Crippen LogP contribution in [0.2, 0.25) is 0 Å². The molecule has 5 heteroatoms. The summed E-state index contributed by atoms with van der Waals surface area (Å²) in [5.41, 5.74) is 1.27. The molecule has 4 nitrogen and oxygen atoms in total. The molecule has 0 bridgehead atoms. The van der Waals surface area contributed by atoms with Gasteiger partial charge in [-0.3, -0.25) is 4.79 Å². The van der Waals surface area contributed by atoms with Crippen LogP contribution in [0.4, 0.5) is 0 Å². The minimum atomic E-state index is 0.546. The summed E-state index contributed by atoms with van der Waals surface area (Å²) in [6.45, 7) is 0. The SMILES string of the molecule is COc1cc(Br)cc2c(C=O)cnn12. The molecule has 0 fully saturated rings. The van der Waals surface area contributed by atoms with Crippen LogP contribution in [0.1, 0.15) is 10.4 Å². The number of ether oxygens (including phenoxy) is 1. The third-order valence-corrected chi connectivity index (χ3v) is 2.37. The van der Waals surface area contributed by atoms with Crippen molar-refractivity contribution in [1.29, 1.82) is 0 Å². The topological polar surface area (TPSA) is 43.6 Å². The van der Waals surface area contributed by atoms with Crippen molar-refractivity contribution in [2.24, 2.45) is 0 Å². The van der Waals surface area contributed by atoms with Crippen molar-refractivity contribution in [1.82, 2.24) is 9.61 Å². The normalized spacial score (nSPS) is 10.4. The first-order valence-corrected chi connectivity index (χ1v) is 4.72. The molecule has 0 unspecified atom stereocenters. The highest BCUT2D eigenvalue weighted by Crippen LogP contribution is 2.23. The monoisotopic (exact) mass is 254 g/mol. The van der Waals surface area contributed by atoms with Gasteiger partial charge in [-0.25, -0.2) is 4.52 Å². The van der Waals surface area contributed by atoms with Crippen LogP contribution in [-0.2, 0) is 0 Å². The lowest BCUT2D eigenvalue weighted by Crippen LogP contribution is -1.95. The number of hydrogen-bond donors (Lipinski definition) is 0. The van der Waals surface area contributed by atoms with Crippen molar-refractivity contribution in [3.8, 4) is 5.88 Å². The van der Waals surface area contributed by atoms with Crippen LogP contribution in [-0.4, -0.2) is 23.0 Å². The number of nitrogens with zero attached hydrogens (tertiary/aromatic N) is 2. The summed E-state index contributed by atoms with van der Waals surface area (Å²) in [5.74, 6) is 0.586. The molecule has 0 aliphatic carbocycles. The molecular formula is C9H7BrN2O2. The van der Waals surface area contributed by atoms with Gasteiger partial charge in [-0.2, -0.15) is 5.10 Å². The standard InChI is InChI=1S/C9H7BrN2O2/c1-14-9-3-7(10)2-8-6(5-13)4-11-12(8)9/h2-5H,1H3. The van der Waals surface area contributed by atoms with Crippen LogP contribution in [0.3, 0.4) is 0 Å². The van der Waals surface area contributed by atoms with E-state index in [1.54, 1.807) is 17.7 Å². The van der Waals surface area contributed by atoms with Crippen molar-refractivity contribution in [3.05, 3.63) is 28.4 Å². The summed E-state index contributed by atoms with van der Waals surface area (Å²) in [4.78, 5) is 10.7. The molecule has 72 valence electrons. The quantitative estimate of drug-likeness (QED) is 0.770. The first-order valence-electron chi connectivity index (χ1n) is 3.92. The van der Waals surface area contributed by atoms with Gasteiger partial charge < -0.3 is 4.74 Å². The Hall–Kier alpha value is -1.36. The Bertz CT molecular complexity index is 493. The molecule has 0 aromatic carbocycles. The van der Waals surface area contributed by atoms with Gasteiger partial charge in [0.15, 0.2) is 6.29 Å². The summed E-state index contributed by atoms with van der Waals surface area (Å²) < 4.78 is 7.55. The van der Waals surface area contributed by atoms with Crippen molar-refractivity contribution in [2.45, 2.75) is 0 Å². The second kappa shape index (κ2) is 3.42. The number of methoxy groups -OCH3 is 1. The molecule has 0 aliphatic heterocycles. The van der Waals surface area contributed by atoms with E-state index in [-0.39, 0.29) is 0 Å². The maximum Gasteiger partial charge on any atom is 0.215 e. The lowest BCUT2D eigenvalue weighted by Gasteiger charge is -2.03. The van der Waals surface area contributed by atoms with E-state index < -0.39 is 0 Å². The molecule has 2 aromatic heterocycles. The molecule has 0 N–H and O–H groups in total. The lowest BCUT2D eigenvalue weighted by atomic mass is 10.3. The minimum absolute atomic E-state index is 0.546. The number of pyridine rings is 1. The number of aldehydes is 1. The fourth-order valence-corrected chi connectivity index (χ4v) is 1.69. The highest BCUT2D eigenvalue weighted by Gasteiger charge is 2.08. The third kappa shape index (κ3) is 1.29. The number of halogens is 1. The van der Waals surface area contributed by atoms with Crippen LogP contribution in [0.5, 0.6) is 5.88 Å². The highest BCUT2D eigenvalue weighted by atomic mass is 79.9. The molecule has 14 heavy (non-hydrogen) atoms. The fourth-order valence-electron chi connectivity index (χ4n) is 1.28. The Morgan fingerprint density at radius 1 is 1.57 bits per heavy atom. The summed E-state index contributed by atoms with van der Waals surface area (Å²) in [6.07, 6.45) is 2.28. The highest BCUT2D eigenvalue weighted by molar-refractivity contribution is 9.10. The summed E-state index contributed by atoms with van der Waals surface area (Å²) >= 11 is 3.34. The van der Waals surface area contributed by atoms with Gasteiger partial charge in [0.1, 0.15) is 0 Å². The molecule has 0 saturated heterocycles. The van der Waals surface area contributed by atoms with E-state index in [0.717, 1.165) is 16.3 Å². The number of hydrogen-bond acceptors (Lipinski definition) is 3. The Morgan fingerprint density at radius 3 is 3.00 bits per heavy atom. The number of fused-ring (bicyclic) bond motifs is 1. The van der Waals surface area contributed by atoms with Crippen molar-refractivity contribution in [3.63, 3.8) is 0 Å². The zero-order chi connectivity index (χ0) is 10.1. The van der Waals surface area contributed by atoms with Gasteiger partial charge in [-0.1, -0.05) is 15.9 Å². The summed E-state index contributed by atoms with van der Waals surface area (Å²) in [5, 5.41) is 4.04. The van der Waals surface area contributed by atoms with Gasteiger partial charge in [-0.15, -0.1) is 0 Å². The molecule has 0 radical (unpaired) electrons. The van der Waals surface area contributed by atoms with Crippen LogP contribution in [0.25, 0.3) is 5.52 Å². The Labute approximate surface area is 88.6 Å². The van der Waals surface area contributed by atoms with Crippen molar-refractivity contribution >= 4 is 27.7 Å². The number of rotatable bonds is 2. The predicted molar refractivity (Wildman–Crippen MR) is 54.8 cm³/mol. The fraction of sp³-hybridized carbons (Fsp3) is 0.111. The van der Waals surface area contributed by atoms with Gasteiger partial charge in [0, 0.05) is 10.5 Å². The van der Waals surface area contributed by atoms with E-state index in [4.69, 9.17) is 4.74 Å². The molecule has 0 aliphatic rings. The molecule has 0 amide bonds. The van der Waals surface area contributed by atoms with E-state index in [2.05, 4.69) is 21.0 Å². The molecule has 0 atom stereocenters. The maximum absolute atomic E-state index is 10.7. The van der Waals surface area contributed by atoms with Crippen molar-refractivity contribution in [2.75, 3.05) is 7.11 Å². The van der Waals surface area contributed by atoms with Crippen LogP contribution >= 0.6 is 15.9 Å². The molecule has 0 spiro atoms. The summed E-state index contributed by atoms with van der Waals surface area (Å²) in [6, 6.07) is 3.60. The van der Waals surface area contributed by atoms with Gasteiger partial charge >= 0.3 is 0 Å². The third-order valence-electron chi connectivity index (χ3n) is 1.92. The van der Waals surface area contributed by atoms with Crippen LogP contribution < -0.4 is 4.74 Å². The van der Waals surface area contributed by atoms with E-state index in [1.807, 2.05) is 6.07 Å². The van der Waals surface area contributed by atoms with Gasteiger partial charge in [0.2, 0.25) is 5.88 Å². The van der Waals surface area contributed by atoms with Gasteiger partial charge in [0.05, 0.1) is 24.4 Å². The molecular weight excluding hydrogens is 248 g/mol. The zero-order valence-electron chi connectivity index (χ0n) is 7.40. The Balaban J connectivity index is 2.83. The number of carbonyl (C=O) groups excluding carboxylic acids is 1. The molecule has 2 rings (SSSR count). The van der Waals surface area contributed by atoms with E-state index in [1.165, 1.54) is 6.20 Å². The molecule has 2 heterocycles. The molecule has 2 aromatic rings. The van der Waals surface area contributed by atoms with Crippen molar-refractivity contribution < 1.29 is 9.53 Å². The Kier molecular flexibility index (Phi) is 2.25. The minimum Gasteiger partial charge on any atom is -0.481 e. The van der Waals surface area contributed by atoms with E-state index in [9.17, 15) is 4.79 Å².